The van der Waals surface area contributed by atoms with Gasteiger partial charge in [-0.3, -0.25) is 4.98 Å². The Kier molecular flexibility index (Phi) is 3.73. The van der Waals surface area contributed by atoms with E-state index < -0.39 is 0 Å². The number of fused-ring (bicyclic) bond motifs is 5. The molecule has 26 heavy (non-hydrogen) atoms. The molecule has 4 aliphatic carbocycles. The van der Waals surface area contributed by atoms with E-state index in [1.807, 2.05) is 6.20 Å². The van der Waals surface area contributed by atoms with Gasteiger partial charge in [0, 0.05) is 18.4 Å². The van der Waals surface area contributed by atoms with Crippen LogP contribution in [0.25, 0.3) is 5.57 Å². The van der Waals surface area contributed by atoms with E-state index in [1.54, 1.807) is 11.1 Å². The van der Waals surface area contributed by atoms with Crippen molar-refractivity contribution in [2.24, 2.45) is 34.3 Å². The number of hydrogen-bond acceptors (Lipinski definition) is 2. The van der Waals surface area contributed by atoms with Crippen molar-refractivity contribution in [1.82, 2.24) is 4.98 Å². The standard InChI is InChI=1S/C24H32N2/c1-23-12-11-22-19(8-6-17-5-7-18(25)14-24(17,22)2)21(23)10-9-20(23)16-4-3-13-26-15-16/h3-4,6,9,13,15,18-19,21-22H,5,7-8,10-12,14,25H2,1-2H3/t18-,19-,21-,22-,23+,24-/m0/s1. The number of rotatable bonds is 1. The van der Waals surface area contributed by atoms with Crippen LogP contribution >= 0.6 is 0 Å². The van der Waals surface area contributed by atoms with Crippen molar-refractivity contribution >= 4 is 5.57 Å². The minimum absolute atomic E-state index is 0.322. The summed E-state index contributed by atoms with van der Waals surface area (Å²) < 4.78 is 0. The molecule has 4 aliphatic rings. The SMILES string of the molecule is C[C@]12C[C@@H](N)CCC1=CC[C@@H]1[C@@H]2CC[C@]2(C)C(c3cccnc3)=CC[C@@H]12. The Morgan fingerprint density at radius 2 is 1.96 bits per heavy atom. The molecule has 2 saturated carbocycles. The Bertz CT molecular complexity index is 764. The number of allylic oxidation sites excluding steroid dienone is 4. The molecule has 0 aromatic carbocycles. The molecule has 1 aromatic rings. The normalized spacial score (nSPS) is 44.4. The lowest BCUT2D eigenvalue weighted by atomic mass is 9.47. The number of nitrogens with two attached hydrogens (primary N) is 1. The molecule has 2 N–H and O–H groups in total. The Labute approximate surface area is 158 Å². The fourth-order valence-corrected chi connectivity index (χ4v) is 7.35. The van der Waals surface area contributed by atoms with Crippen LogP contribution in [0.5, 0.6) is 0 Å². The molecule has 2 fully saturated rings. The quantitative estimate of drug-likeness (QED) is 0.693. The van der Waals surface area contributed by atoms with Crippen LogP contribution in [0.3, 0.4) is 0 Å². The first-order valence-corrected chi connectivity index (χ1v) is 10.6. The molecular formula is C24H32N2. The van der Waals surface area contributed by atoms with Gasteiger partial charge >= 0.3 is 0 Å². The van der Waals surface area contributed by atoms with Gasteiger partial charge in [0.15, 0.2) is 0 Å². The molecule has 0 radical (unpaired) electrons. The monoisotopic (exact) mass is 348 g/mol. The van der Waals surface area contributed by atoms with Crippen LogP contribution in [0.4, 0.5) is 0 Å². The van der Waals surface area contributed by atoms with Crippen molar-refractivity contribution in [3.8, 4) is 0 Å². The number of nitrogens with zero attached hydrogens (tertiary/aromatic N) is 1. The predicted molar refractivity (Wildman–Crippen MR) is 107 cm³/mol. The minimum atomic E-state index is 0.322. The van der Waals surface area contributed by atoms with E-state index >= 15 is 0 Å². The van der Waals surface area contributed by atoms with Gasteiger partial charge in [-0.2, -0.15) is 0 Å². The van der Waals surface area contributed by atoms with E-state index in [0.29, 0.717) is 16.9 Å². The predicted octanol–water partition coefficient (Wildman–Crippen LogP) is 5.37. The van der Waals surface area contributed by atoms with Gasteiger partial charge in [-0.15, -0.1) is 0 Å². The summed E-state index contributed by atoms with van der Waals surface area (Å²) >= 11 is 0. The van der Waals surface area contributed by atoms with Crippen LogP contribution in [0, 0.1) is 28.6 Å². The summed E-state index contributed by atoms with van der Waals surface area (Å²) in [6.07, 6.45) is 17.9. The van der Waals surface area contributed by atoms with E-state index in [0.717, 1.165) is 17.8 Å². The molecule has 2 nitrogen and oxygen atoms in total. The van der Waals surface area contributed by atoms with Crippen molar-refractivity contribution in [3.05, 3.63) is 47.8 Å². The molecule has 0 saturated heterocycles. The summed E-state index contributed by atoms with van der Waals surface area (Å²) in [6, 6.07) is 4.73. The van der Waals surface area contributed by atoms with E-state index in [2.05, 4.69) is 49.3 Å². The third-order valence-electron chi connectivity index (χ3n) is 8.65. The second-order valence-electron chi connectivity index (χ2n) is 9.81. The largest absolute Gasteiger partial charge is 0.328 e. The maximum Gasteiger partial charge on any atom is 0.0343 e. The minimum Gasteiger partial charge on any atom is -0.328 e. The molecule has 6 atom stereocenters. The van der Waals surface area contributed by atoms with E-state index in [1.165, 1.54) is 50.5 Å². The Morgan fingerprint density at radius 3 is 2.77 bits per heavy atom. The van der Waals surface area contributed by atoms with Gasteiger partial charge in [0.2, 0.25) is 0 Å². The molecule has 0 bridgehead atoms. The highest BCUT2D eigenvalue weighted by Gasteiger charge is 2.56. The molecule has 0 unspecified atom stereocenters. The first kappa shape index (κ1) is 16.7. The molecule has 1 heterocycles. The van der Waals surface area contributed by atoms with E-state index in [9.17, 15) is 0 Å². The van der Waals surface area contributed by atoms with Crippen LogP contribution in [0.2, 0.25) is 0 Å². The van der Waals surface area contributed by atoms with Crippen LogP contribution < -0.4 is 5.73 Å². The van der Waals surface area contributed by atoms with Crippen LogP contribution in [-0.2, 0) is 0 Å². The molecule has 0 amide bonds. The summed E-state index contributed by atoms with van der Waals surface area (Å²) in [4.78, 5) is 4.39. The number of aromatic nitrogens is 1. The highest BCUT2D eigenvalue weighted by atomic mass is 14.7. The van der Waals surface area contributed by atoms with Crippen molar-refractivity contribution < 1.29 is 0 Å². The van der Waals surface area contributed by atoms with Gasteiger partial charge in [0.1, 0.15) is 0 Å². The van der Waals surface area contributed by atoms with Gasteiger partial charge in [-0.25, -0.2) is 0 Å². The van der Waals surface area contributed by atoms with Gasteiger partial charge in [0.05, 0.1) is 0 Å². The summed E-state index contributed by atoms with van der Waals surface area (Å²) in [5, 5.41) is 0. The molecule has 0 aliphatic heterocycles. The van der Waals surface area contributed by atoms with Crippen LogP contribution in [0.15, 0.2) is 42.3 Å². The Hall–Kier alpha value is -1.41. The Balaban J connectivity index is 1.48. The molecule has 0 spiro atoms. The summed E-state index contributed by atoms with van der Waals surface area (Å²) in [6.45, 7) is 5.08. The summed E-state index contributed by atoms with van der Waals surface area (Å²) in [5.74, 6) is 2.43. The van der Waals surface area contributed by atoms with Crippen molar-refractivity contribution in [1.29, 1.82) is 0 Å². The average Bonchev–Trinajstić information content (AvgIpc) is 2.99. The van der Waals surface area contributed by atoms with Gasteiger partial charge < -0.3 is 5.73 Å². The maximum atomic E-state index is 6.44. The van der Waals surface area contributed by atoms with Crippen molar-refractivity contribution in [3.63, 3.8) is 0 Å². The topological polar surface area (TPSA) is 38.9 Å². The van der Waals surface area contributed by atoms with Gasteiger partial charge in [0.25, 0.3) is 0 Å². The fourth-order valence-electron chi connectivity index (χ4n) is 7.35. The lowest BCUT2D eigenvalue weighted by Gasteiger charge is -2.58. The maximum absolute atomic E-state index is 6.44. The first-order valence-electron chi connectivity index (χ1n) is 10.6. The van der Waals surface area contributed by atoms with Crippen molar-refractivity contribution in [2.45, 2.75) is 64.8 Å². The highest BCUT2D eigenvalue weighted by Crippen LogP contribution is 2.66. The van der Waals surface area contributed by atoms with Crippen LogP contribution in [-0.4, -0.2) is 11.0 Å². The average molecular weight is 349 g/mol. The summed E-state index contributed by atoms with van der Waals surface area (Å²) in [5.41, 5.74) is 11.8. The summed E-state index contributed by atoms with van der Waals surface area (Å²) in [7, 11) is 0. The zero-order valence-electron chi connectivity index (χ0n) is 16.2. The zero-order chi connectivity index (χ0) is 17.9. The lowest BCUT2D eigenvalue weighted by Crippen LogP contribution is -2.51. The van der Waals surface area contributed by atoms with E-state index in [4.69, 9.17) is 5.73 Å². The zero-order valence-corrected chi connectivity index (χ0v) is 16.2. The molecule has 2 heteroatoms. The fraction of sp³-hybridized carbons (Fsp3) is 0.625. The third-order valence-corrected chi connectivity index (χ3v) is 8.65. The van der Waals surface area contributed by atoms with E-state index in [-0.39, 0.29) is 0 Å². The lowest BCUT2D eigenvalue weighted by molar-refractivity contribution is -0.0125. The van der Waals surface area contributed by atoms with Gasteiger partial charge in [-0.1, -0.05) is 37.6 Å². The van der Waals surface area contributed by atoms with Gasteiger partial charge in [-0.05, 0) is 90.7 Å². The number of pyridine rings is 1. The second kappa shape index (κ2) is 5.79. The highest BCUT2D eigenvalue weighted by molar-refractivity contribution is 5.72. The molecular weight excluding hydrogens is 316 g/mol. The second-order valence-corrected chi connectivity index (χ2v) is 9.81. The van der Waals surface area contributed by atoms with Crippen molar-refractivity contribution in [2.75, 3.05) is 0 Å². The Morgan fingerprint density at radius 1 is 1.08 bits per heavy atom. The third kappa shape index (κ3) is 2.24. The number of hydrogen-bond donors (Lipinski definition) is 1. The molecule has 1 aromatic heterocycles. The first-order chi connectivity index (χ1) is 12.5. The smallest absolute Gasteiger partial charge is 0.0343 e. The van der Waals surface area contributed by atoms with Crippen LogP contribution in [0.1, 0.15) is 64.4 Å². The molecule has 138 valence electrons. The molecule has 5 rings (SSSR count).